The van der Waals surface area contributed by atoms with Crippen molar-refractivity contribution in [1.29, 1.82) is 10.5 Å². The van der Waals surface area contributed by atoms with Crippen LogP contribution in [0.4, 0.5) is 0 Å². The summed E-state index contributed by atoms with van der Waals surface area (Å²) in [6, 6.07) is 13.2. The van der Waals surface area contributed by atoms with Crippen LogP contribution in [0.3, 0.4) is 0 Å². The zero-order valence-electron chi connectivity index (χ0n) is 12.4. The fraction of sp³-hybridized carbons (Fsp3) is 0.474. The summed E-state index contributed by atoms with van der Waals surface area (Å²) in [5.41, 5.74) is 2.06. The number of nitrogens with zero attached hydrogens (tertiary/aromatic N) is 2. The van der Waals surface area contributed by atoms with Crippen LogP contribution in [0.25, 0.3) is 6.08 Å². The monoisotopic (exact) mass is 274 g/mol. The van der Waals surface area contributed by atoms with Crippen molar-refractivity contribution in [2.24, 2.45) is 22.2 Å². The van der Waals surface area contributed by atoms with Crippen molar-refractivity contribution in [3.05, 3.63) is 41.5 Å². The molecule has 1 aromatic carbocycles. The molecule has 21 heavy (non-hydrogen) atoms. The summed E-state index contributed by atoms with van der Waals surface area (Å²) >= 11 is 0. The molecule has 104 valence electrons. The Labute approximate surface area is 125 Å². The number of hydrogen-bond acceptors (Lipinski definition) is 2. The summed E-state index contributed by atoms with van der Waals surface area (Å²) in [7, 11) is 0. The number of fused-ring (bicyclic) bond motifs is 2. The maximum absolute atomic E-state index is 9.54. The van der Waals surface area contributed by atoms with Crippen molar-refractivity contribution in [1.82, 2.24) is 0 Å². The molecule has 4 rings (SSSR count). The first-order chi connectivity index (χ1) is 9.99. The number of allylic oxidation sites excluding steroid dienone is 1. The van der Waals surface area contributed by atoms with Crippen molar-refractivity contribution in [3.63, 3.8) is 0 Å². The quantitative estimate of drug-likeness (QED) is 0.709. The average Bonchev–Trinajstić information content (AvgIpc) is 2.79. The molecular formula is C19H18N2. The average molecular weight is 274 g/mol. The zero-order valence-corrected chi connectivity index (χ0v) is 12.4. The van der Waals surface area contributed by atoms with E-state index in [1.165, 1.54) is 11.1 Å². The molecule has 0 N–H and O–H groups in total. The Bertz CT molecular complexity index is 730. The van der Waals surface area contributed by atoms with Gasteiger partial charge in [-0.25, -0.2) is 0 Å². The standard InChI is InChI=1S/C19H18N2/c1-17(2)15-9-18(11-20,12-21)10-19(15)8-7-13-5-3-4-6-14(13)16(17)19/h3-8,15-16H,9-10H2,1-2H3. The van der Waals surface area contributed by atoms with Crippen molar-refractivity contribution in [2.45, 2.75) is 32.6 Å². The molecule has 2 heteroatoms. The van der Waals surface area contributed by atoms with Gasteiger partial charge in [0.25, 0.3) is 0 Å². The van der Waals surface area contributed by atoms with Crippen LogP contribution >= 0.6 is 0 Å². The Morgan fingerprint density at radius 1 is 1.14 bits per heavy atom. The Morgan fingerprint density at radius 2 is 1.86 bits per heavy atom. The van der Waals surface area contributed by atoms with Crippen LogP contribution in [0.1, 0.15) is 43.7 Å². The summed E-state index contributed by atoms with van der Waals surface area (Å²) in [4.78, 5) is 0. The predicted molar refractivity (Wildman–Crippen MR) is 80.8 cm³/mol. The van der Waals surface area contributed by atoms with E-state index in [0.717, 1.165) is 6.42 Å². The molecule has 0 aromatic heterocycles. The lowest BCUT2D eigenvalue weighted by Gasteiger charge is -2.65. The van der Waals surface area contributed by atoms with Gasteiger partial charge >= 0.3 is 0 Å². The third-order valence-electron chi connectivity index (χ3n) is 6.30. The van der Waals surface area contributed by atoms with Gasteiger partial charge in [-0.1, -0.05) is 50.3 Å². The van der Waals surface area contributed by atoms with Crippen LogP contribution in [0, 0.1) is 44.8 Å². The van der Waals surface area contributed by atoms with Crippen molar-refractivity contribution >= 4 is 6.08 Å². The maximum atomic E-state index is 9.54. The molecule has 1 aromatic rings. The number of benzene rings is 1. The van der Waals surface area contributed by atoms with Crippen LogP contribution in [0.5, 0.6) is 0 Å². The Hall–Kier alpha value is -2.06. The van der Waals surface area contributed by atoms with E-state index < -0.39 is 5.41 Å². The van der Waals surface area contributed by atoms with Crippen LogP contribution < -0.4 is 0 Å². The highest BCUT2D eigenvalue weighted by atomic mass is 14.7. The van der Waals surface area contributed by atoms with Crippen LogP contribution in [0.2, 0.25) is 0 Å². The minimum Gasteiger partial charge on any atom is -0.197 e. The molecule has 3 unspecified atom stereocenters. The van der Waals surface area contributed by atoms with E-state index in [0.29, 0.717) is 18.3 Å². The zero-order chi connectivity index (χ0) is 14.9. The highest BCUT2D eigenvalue weighted by Crippen LogP contribution is 2.79. The van der Waals surface area contributed by atoms with E-state index in [9.17, 15) is 10.5 Å². The van der Waals surface area contributed by atoms with Crippen LogP contribution in [-0.4, -0.2) is 0 Å². The Morgan fingerprint density at radius 3 is 2.57 bits per heavy atom. The third kappa shape index (κ3) is 1.27. The Balaban J connectivity index is 1.89. The second-order valence-corrected chi connectivity index (χ2v) is 7.57. The Kier molecular flexibility index (Phi) is 2.16. The topological polar surface area (TPSA) is 47.6 Å². The molecule has 0 aliphatic heterocycles. The minimum atomic E-state index is -0.798. The largest absolute Gasteiger partial charge is 0.197 e. The van der Waals surface area contributed by atoms with Gasteiger partial charge in [0, 0.05) is 5.41 Å². The van der Waals surface area contributed by atoms with Crippen LogP contribution in [0.15, 0.2) is 30.3 Å². The van der Waals surface area contributed by atoms with E-state index in [1.807, 2.05) is 0 Å². The molecule has 3 aliphatic rings. The fourth-order valence-electron chi connectivity index (χ4n) is 5.64. The predicted octanol–water partition coefficient (Wildman–Crippen LogP) is 4.27. The van der Waals surface area contributed by atoms with Gasteiger partial charge in [-0.05, 0) is 41.2 Å². The molecule has 3 atom stereocenters. The van der Waals surface area contributed by atoms with E-state index in [2.05, 4.69) is 62.4 Å². The lowest BCUT2D eigenvalue weighted by Crippen LogP contribution is -2.57. The second-order valence-electron chi connectivity index (χ2n) is 7.57. The van der Waals surface area contributed by atoms with Gasteiger partial charge in [-0.15, -0.1) is 0 Å². The molecule has 0 bridgehead atoms. The molecule has 0 radical (unpaired) electrons. The van der Waals surface area contributed by atoms with Gasteiger partial charge in [0.1, 0.15) is 5.41 Å². The highest BCUT2D eigenvalue weighted by molar-refractivity contribution is 5.63. The van der Waals surface area contributed by atoms with Crippen molar-refractivity contribution in [3.8, 4) is 12.1 Å². The van der Waals surface area contributed by atoms with Crippen LogP contribution in [-0.2, 0) is 0 Å². The van der Waals surface area contributed by atoms with E-state index in [4.69, 9.17) is 0 Å². The lowest BCUT2D eigenvalue weighted by atomic mass is 9.38. The van der Waals surface area contributed by atoms with E-state index >= 15 is 0 Å². The highest BCUT2D eigenvalue weighted by Gasteiger charge is 2.73. The smallest absolute Gasteiger partial charge is 0.145 e. The molecule has 0 saturated heterocycles. The van der Waals surface area contributed by atoms with E-state index in [-0.39, 0.29) is 10.8 Å². The van der Waals surface area contributed by atoms with Gasteiger partial charge in [-0.2, -0.15) is 10.5 Å². The molecule has 2 saturated carbocycles. The number of rotatable bonds is 0. The normalized spacial score (nSPS) is 36.4. The van der Waals surface area contributed by atoms with Gasteiger partial charge in [0.2, 0.25) is 0 Å². The van der Waals surface area contributed by atoms with Gasteiger partial charge < -0.3 is 0 Å². The molecule has 2 fully saturated rings. The van der Waals surface area contributed by atoms with E-state index in [1.54, 1.807) is 0 Å². The van der Waals surface area contributed by atoms with Gasteiger partial charge in [0.05, 0.1) is 12.1 Å². The third-order valence-corrected chi connectivity index (χ3v) is 6.30. The summed E-state index contributed by atoms with van der Waals surface area (Å²) < 4.78 is 0. The molecular weight excluding hydrogens is 256 g/mol. The first-order valence-corrected chi connectivity index (χ1v) is 7.60. The first-order valence-electron chi connectivity index (χ1n) is 7.60. The number of nitriles is 2. The second kappa shape index (κ2) is 3.58. The van der Waals surface area contributed by atoms with Gasteiger partial charge in [-0.3, -0.25) is 0 Å². The number of hydrogen-bond donors (Lipinski definition) is 0. The SMILES string of the molecule is CC1(C)C2CC(C#N)(C#N)CC23C=Cc2ccccc2C13. The summed E-state index contributed by atoms with van der Waals surface area (Å²) in [5, 5.41) is 19.1. The van der Waals surface area contributed by atoms with Crippen molar-refractivity contribution in [2.75, 3.05) is 0 Å². The summed E-state index contributed by atoms with van der Waals surface area (Å²) in [6.07, 6.45) is 5.93. The first kappa shape index (κ1) is 12.7. The molecule has 3 aliphatic carbocycles. The summed E-state index contributed by atoms with van der Waals surface area (Å²) in [5.74, 6) is 0.860. The molecule has 2 nitrogen and oxygen atoms in total. The summed E-state index contributed by atoms with van der Waals surface area (Å²) in [6.45, 7) is 4.61. The molecule has 0 heterocycles. The minimum absolute atomic E-state index is 0.0172. The van der Waals surface area contributed by atoms with Crippen molar-refractivity contribution < 1.29 is 0 Å². The maximum Gasteiger partial charge on any atom is 0.145 e. The molecule has 0 amide bonds. The fourth-order valence-corrected chi connectivity index (χ4v) is 5.64. The molecule has 1 spiro atoms. The van der Waals surface area contributed by atoms with Gasteiger partial charge in [0.15, 0.2) is 0 Å². The lowest BCUT2D eigenvalue weighted by molar-refractivity contribution is -0.0827.